The zero-order chi connectivity index (χ0) is 18.9. The number of amides is 1. The van der Waals surface area contributed by atoms with E-state index in [1.165, 1.54) is 23.5 Å². The molecular weight excluding hydrogens is 359 g/mol. The molecule has 2 heterocycles. The van der Waals surface area contributed by atoms with E-state index < -0.39 is 21.4 Å². The maximum absolute atomic E-state index is 14.1. The van der Waals surface area contributed by atoms with Crippen molar-refractivity contribution in [2.24, 2.45) is 0 Å². The molecule has 1 amide bonds. The van der Waals surface area contributed by atoms with Crippen LogP contribution in [0.1, 0.15) is 39.0 Å². The second kappa shape index (κ2) is 7.15. The van der Waals surface area contributed by atoms with Crippen molar-refractivity contribution in [2.75, 3.05) is 26.7 Å². The maximum Gasteiger partial charge on any atom is 0.244 e. The smallest absolute Gasteiger partial charge is 0.244 e. The summed E-state index contributed by atoms with van der Waals surface area (Å²) in [5.74, 6) is -0.854. The molecule has 0 radical (unpaired) electrons. The molecule has 1 aromatic carbocycles. The molecule has 0 aromatic heterocycles. The van der Waals surface area contributed by atoms with Crippen molar-refractivity contribution in [1.82, 2.24) is 9.21 Å². The number of likely N-dealkylation sites (tertiary alicyclic amines) is 1. The number of rotatable bonds is 5. The Morgan fingerprint density at radius 3 is 2.54 bits per heavy atom. The van der Waals surface area contributed by atoms with Crippen LogP contribution in [-0.4, -0.2) is 55.8 Å². The molecule has 2 aliphatic heterocycles. The standard InChI is InChI=1S/C18H25FN2O4S/c1-3-10-20-11-4-8-18(17(20)22)9-5-12-21(18)26(23,24)14-6-7-16(25-2)15(19)13-14/h6-7,13H,3-5,8-12H2,1-2H3. The van der Waals surface area contributed by atoms with Crippen LogP contribution >= 0.6 is 0 Å². The Labute approximate surface area is 154 Å². The van der Waals surface area contributed by atoms with Gasteiger partial charge < -0.3 is 9.64 Å². The minimum absolute atomic E-state index is 0.0112. The van der Waals surface area contributed by atoms with Gasteiger partial charge in [0.05, 0.1) is 12.0 Å². The molecule has 0 aliphatic carbocycles. The average molecular weight is 384 g/mol. The summed E-state index contributed by atoms with van der Waals surface area (Å²) < 4.78 is 46.7. The summed E-state index contributed by atoms with van der Waals surface area (Å²) in [5, 5.41) is 0. The number of nitrogens with zero attached hydrogens (tertiary/aromatic N) is 2. The number of piperidine rings is 1. The first-order valence-corrected chi connectivity index (χ1v) is 10.5. The monoisotopic (exact) mass is 384 g/mol. The van der Waals surface area contributed by atoms with Gasteiger partial charge in [-0.05, 0) is 50.3 Å². The Kier molecular flexibility index (Phi) is 5.25. The predicted octanol–water partition coefficient (Wildman–Crippen LogP) is 2.39. The normalized spacial score (nSPS) is 24.4. The van der Waals surface area contributed by atoms with Crippen LogP contribution in [0, 0.1) is 5.82 Å². The van der Waals surface area contributed by atoms with Crippen molar-refractivity contribution in [3.8, 4) is 5.75 Å². The number of hydrogen-bond acceptors (Lipinski definition) is 4. The number of carbonyl (C=O) groups is 1. The summed E-state index contributed by atoms with van der Waals surface area (Å²) in [6, 6.07) is 3.61. The van der Waals surface area contributed by atoms with Crippen LogP contribution in [0.25, 0.3) is 0 Å². The fraction of sp³-hybridized carbons (Fsp3) is 0.611. The molecule has 3 rings (SSSR count). The molecule has 1 spiro atoms. The highest BCUT2D eigenvalue weighted by molar-refractivity contribution is 7.89. The van der Waals surface area contributed by atoms with Crippen LogP contribution in [0.3, 0.4) is 0 Å². The molecule has 26 heavy (non-hydrogen) atoms. The van der Waals surface area contributed by atoms with E-state index in [1.54, 1.807) is 4.90 Å². The van der Waals surface area contributed by atoms with Gasteiger partial charge in [-0.25, -0.2) is 12.8 Å². The Bertz CT molecular complexity index is 796. The van der Waals surface area contributed by atoms with Crippen LogP contribution in [0.4, 0.5) is 4.39 Å². The van der Waals surface area contributed by atoms with E-state index in [2.05, 4.69) is 0 Å². The quantitative estimate of drug-likeness (QED) is 0.782. The lowest BCUT2D eigenvalue weighted by atomic mass is 9.86. The van der Waals surface area contributed by atoms with Crippen molar-refractivity contribution >= 4 is 15.9 Å². The minimum Gasteiger partial charge on any atom is -0.494 e. The second-order valence-electron chi connectivity index (χ2n) is 6.90. The average Bonchev–Trinajstić information content (AvgIpc) is 3.04. The van der Waals surface area contributed by atoms with Crippen LogP contribution in [0.15, 0.2) is 23.1 Å². The van der Waals surface area contributed by atoms with Gasteiger partial charge >= 0.3 is 0 Å². The molecule has 2 fully saturated rings. The molecule has 144 valence electrons. The maximum atomic E-state index is 14.1. The van der Waals surface area contributed by atoms with Gasteiger partial charge in [-0.1, -0.05) is 6.92 Å². The Balaban J connectivity index is 1.99. The number of halogens is 1. The van der Waals surface area contributed by atoms with E-state index >= 15 is 0 Å². The highest BCUT2D eigenvalue weighted by Gasteiger charge is 2.55. The molecule has 8 heteroatoms. The predicted molar refractivity (Wildman–Crippen MR) is 94.9 cm³/mol. The number of carbonyl (C=O) groups excluding carboxylic acids is 1. The van der Waals surface area contributed by atoms with E-state index in [-0.39, 0.29) is 23.1 Å². The summed E-state index contributed by atoms with van der Waals surface area (Å²) in [5.41, 5.74) is -1.03. The molecule has 2 saturated heterocycles. The molecular formula is C18H25FN2O4S. The Morgan fingerprint density at radius 2 is 1.92 bits per heavy atom. The lowest BCUT2D eigenvalue weighted by Gasteiger charge is -2.43. The van der Waals surface area contributed by atoms with Crippen LogP contribution in [0.5, 0.6) is 5.75 Å². The highest BCUT2D eigenvalue weighted by Crippen LogP contribution is 2.42. The highest BCUT2D eigenvalue weighted by atomic mass is 32.2. The molecule has 0 bridgehead atoms. The van der Waals surface area contributed by atoms with Gasteiger partial charge in [-0.2, -0.15) is 4.31 Å². The first kappa shape index (κ1) is 19.1. The van der Waals surface area contributed by atoms with E-state index in [9.17, 15) is 17.6 Å². The summed E-state index contributed by atoms with van der Waals surface area (Å²) in [7, 11) is -2.65. The van der Waals surface area contributed by atoms with E-state index in [0.717, 1.165) is 18.9 Å². The number of hydrogen-bond donors (Lipinski definition) is 0. The van der Waals surface area contributed by atoms with Gasteiger partial charge in [-0.15, -0.1) is 0 Å². The zero-order valence-electron chi connectivity index (χ0n) is 15.2. The van der Waals surface area contributed by atoms with Crippen LogP contribution < -0.4 is 4.74 Å². The van der Waals surface area contributed by atoms with Gasteiger partial charge in [-0.3, -0.25) is 4.79 Å². The lowest BCUT2D eigenvalue weighted by Crippen LogP contribution is -2.61. The van der Waals surface area contributed by atoms with Crippen molar-refractivity contribution in [3.63, 3.8) is 0 Å². The van der Waals surface area contributed by atoms with Gasteiger partial charge in [0.1, 0.15) is 5.54 Å². The molecule has 6 nitrogen and oxygen atoms in total. The molecule has 1 atom stereocenters. The fourth-order valence-corrected chi connectivity index (χ4v) is 5.99. The third kappa shape index (κ3) is 2.99. The summed E-state index contributed by atoms with van der Waals surface area (Å²) >= 11 is 0. The van der Waals surface area contributed by atoms with Gasteiger partial charge in [0.25, 0.3) is 0 Å². The van der Waals surface area contributed by atoms with Crippen LogP contribution in [-0.2, 0) is 14.8 Å². The first-order chi connectivity index (χ1) is 12.4. The largest absolute Gasteiger partial charge is 0.494 e. The number of methoxy groups -OCH3 is 1. The number of benzene rings is 1. The van der Waals surface area contributed by atoms with Crippen molar-refractivity contribution in [3.05, 3.63) is 24.0 Å². The van der Waals surface area contributed by atoms with Gasteiger partial charge in [0, 0.05) is 19.6 Å². The number of ether oxygens (including phenoxy) is 1. The summed E-state index contributed by atoms with van der Waals surface area (Å²) in [6.45, 7) is 3.57. The van der Waals surface area contributed by atoms with Crippen molar-refractivity contribution < 1.29 is 22.3 Å². The third-order valence-corrected chi connectivity index (χ3v) is 7.30. The van der Waals surface area contributed by atoms with Gasteiger partial charge in [0.15, 0.2) is 11.6 Å². The van der Waals surface area contributed by atoms with Gasteiger partial charge in [0.2, 0.25) is 15.9 Å². The van der Waals surface area contributed by atoms with Crippen molar-refractivity contribution in [1.29, 1.82) is 0 Å². The second-order valence-corrected chi connectivity index (χ2v) is 8.77. The fourth-order valence-electron chi connectivity index (χ4n) is 4.15. The zero-order valence-corrected chi connectivity index (χ0v) is 16.0. The molecule has 0 N–H and O–H groups in total. The van der Waals surface area contributed by atoms with E-state index in [0.29, 0.717) is 32.4 Å². The van der Waals surface area contributed by atoms with Crippen molar-refractivity contribution in [2.45, 2.75) is 49.5 Å². The molecule has 2 aliphatic rings. The first-order valence-electron chi connectivity index (χ1n) is 9.02. The molecule has 1 unspecified atom stereocenters. The molecule has 1 aromatic rings. The minimum atomic E-state index is -3.98. The van der Waals surface area contributed by atoms with E-state index in [4.69, 9.17) is 4.74 Å². The third-order valence-electron chi connectivity index (χ3n) is 5.34. The molecule has 0 saturated carbocycles. The SMILES string of the molecule is CCCN1CCCC2(CCCN2S(=O)(=O)c2ccc(OC)c(F)c2)C1=O. The summed E-state index contributed by atoms with van der Waals surface area (Å²) in [4.78, 5) is 14.7. The summed E-state index contributed by atoms with van der Waals surface area (Å²) in [6.07, 6.45) is 3.27. The lowest BCUT2D eigenvalue weighted by molar-refractivity contribution is -0.144. The van der Waals surface area contributed by atoms with Crippen LogP contribution in [0.2, 0.25) is 0 Å². The number of sulfonamides is 1. The Hall–Kier alpha value is -1.67. The topological polar surface area (TPSA) is 66.9 Å². The van der Waals surface area contributed by atoms with E-state index in [1.807, 2.05) is 6.92 Å². The Morgan fingerprint density at radius 1 is 1.23 bits per heavy atom.